The second-order valence-electron chi connectivity index (χ2n) is 3.03. The fourth-order valence-corrected chi connectivity index (χ4v) is 1.49. The molecule has 5 heteroatoms. The first-order chi connectivity index (χ1) is 6.31. The molecule has 0 bridgehead atoms. The molecule has 0 spiro atoms. The van der Waals surface area contributed by atoms with Crippen LogP contribution in [0.3, 0.4) is 0 Å². The lowest BCUT2D eigenvalue weighted by Gasteiger charge is -2.23. The average molecular weight is 181 g/mol. The molecule has 0 saturated carbocycles. The Bertz CT molecular complexity index is 321. The molecule has 1 aromatic rings. The van der Waals surface area contributed by atoms with E-state index in [2.05, 4.69) is 10.3 Å². The summed E-state index contributed by atoms with van der Waals surface area (Å²) in [6, 6.07) is 0.0548. The van der Waals surface area contributed by atoms with Gasteiger partial charge >= 0.3 is 0 Å². The van der Waals surface area contributed by atoms with Crippen LogP contribution >= 0.6 is 0 Å². The minimum atomic E-state index is -0.127. The van der Waals surface area contributed by atoms with Crippen molar-refractivity contribution in [3.05, 3.63) is 18.2 Å². The highest BCUT2D eigenvalue weighted by atomic mass is 16.5. The third-order valence-electron chi connectivity index (χ3n) is 2.04. The van der Waals surface area contributed by atoms with Crippen molar-refractivity contribution in [3.8, 4) is 0 Å². The maximum absolute atomic E-state index is 11.4. The molecule has 0 radical (unpaired) electrons. The Kier molecular flexibility index (Phi) is 2.02. The van der Waals surface area contributed by atoms with Crippen LogP contribution in [-0.4, -0.2) is 35.2 Å². The number of aromatic nitrogens is 2. The maximum Gasteiger partial charge on any atom is 0.287 e. The van der Waals surface area contributed by atoms with Crippen molar-refractivity contribution in [3.63, 3.8) is 0 Å². The van der Waals surface area contributed by atoms with Gasteiger partial charge in [0.1, 0.15) is 0 Å². The van der Waals surface area contributed by atoms with Crippen LogP contribution in [0, 0.1) is 0 Å². The number of hydrogen-bond acceptors (Lipinski definition) is 3. The van der Waals surface area contributed by atoms with Gasteiger partial charge in [0.05, 0.1) is 12.6 Å². The van der Waals surface area contributed by atoms with Gasteiger partial charge in [-0.1, -0.05) is 0 Å². The minimum Gasteiger partial charge on any atom is -0.382 e. The number of carbonyl (C=O) groups is 1. The predicted molar refractivity (Wildman–Crippen MR) is 45.4 cm³/mol. The van der Waals surface area contributed by atoms with Gasteiger partial charge in [0.25, 0.3) is 5.91 Å². The lowest BCUT2D eigenvalue weighted by Crippen LogP contribution is -2.46. The van der Waals surface area contributed by atoms with E-state index in [9.17, 15) is 4.79 Å². The van der Waals surface area contributed by atoms with Gasteiger partial charge in [0, 0.05) is 26.0 Å². The lowest BCUT2D eigenvalue weighted by molar-refractivity contribution is 0.0833. The van der Waals surface area contributed by atoms with Gasteiger partial charge in [0.2, 0.25) is 0 Å². The molecule has 2 heterocycles. The fourth-order valence-electron chi connectivity index (χ4n) is 1.49. The van der Waals surface area contributed by atoms with Crippen LogP contribution < -0.4 is 5.32 Å². The number of carbonyl (C=O) groups excluding carboxylic acids is 1. The summed E-state index contributed by atoms with van der Waals surface area (Å²) in [4.78, 5) is 15.3. The SMILES string of the molecule is COC[C@H]1Cn2ccnc2C(=O)N1. The summed E-state index contributed by atoms with van der Waals surface area (Å²) in [5, 5.41) is 2.81. The number of methoxy groups -OCH3 is 1. The average Bonchev–Trinajstić information content (AvgIpc) is 2.53. The highest BCUT2D eigenvalue weighted by molar-refractivity contribution is 5.91. The van der Waals surface area contributed by atoms with Gasteiger partial charge in [0.15, 0.2) is 5.82 Å². The summed E-state index contributed by atoms with van der Waals surface area (Å²) in [5.41, 5.74) is 0. The lowest BCUT2D eigenvalue weighted by atomic mass is 10.2. The van der Waals surface area contributed by atoms with E-state index in [1.165, 1.54) is 0 Å². The fraction of sp³-hybridized carbons (Fsp3) is 0.500. The zero-order valence-electron chi connectivity index (χ0n) is 7.36. The molecule has 1 aromatic heterocycles. The maximum atomic E-state index is 11.4. The molecular formula is C8H11N3O2. The predicted octanol–water partition coefficient (Wildman–Crippen LogP) is -0.358. The molecule has 0 aromatic carbocycles. The second kappa shape index (κ2) is 3.18. The number of rotatable bonds is 2. The number of ether oxygens (including phenoxy) is 1. The van der Waals surface area contributed by atoms with E-state index < -0.39 is 0 Å². The van der Waals surface area contributed by atoms with Gasteiger partial charge in [-0.25, -0.2) is 4.98 Å². The smallest absolute Gasteiger partial charge is 0.287 e. The quantitative estimate of drug-likeness (QED) is 0.678. The Morgan fingerprint density at radius 1 is 1.85 bits per heavy atom. The zero-order chi connectivity index (χ0) is 9.26. The Morgan fingerprint density at radius 3 is 3.46 bits per heavy atom. The van der Waals surface area contributed by atoms with Crippen molar-refractivity contribution >= 4 is 5.91 Å². The number of nitrogens with one attached hydrogen (secondary N) is 1. The Labute approximate surface area is 75.7 Å². The first-order valence-electron chi connectivity index (χ1n) is 4.12. The van der Waals surface area contributed by atoms with Crippen LogP contribution in [0.4, 0.5) is 0 Å². The first-order valence-corrected chi connectivity index (χ1v) is 4.12. The highest BCUT2D eigenvalue weighted by Crippen LogP contribution is 2.06. The van der Waals surface area contributed by atoms with E-state index >= 15 is 0 Å². The molecule has 1 N–H and O–H groups in total. The Balaban J connectivity index is 2.19. The third-order valence-corrected chi connectivity index (χ3v) is 2.04. The van der Waals surface area contributed by atoms with E-state index in [-0.39, 0.29) is 11.9 Å². The van der Waals surface area contributed by atoms with Crippen LogP contribution in [0.15, 0.2) is 12.4 Å². The summed E-state index contributed by atoms with van der Waals surface area (Å²) < 4.78 is 6.81. The van der Waals surface area contributed by atoms with Crippen LogP contribution in [0.1, 0.15) is 10.6 Å². The second-order valence-corrected chi connectivity index (χ2v) is 3.03. The van der Waals surface area contributed by atoms with Crippen molar-refractivity contribution < 1.29 is 9.53 Å². The number of fused-ring (bicyclic) bond motifs is 1. The number of nitrogens with zero attached hydrogens (tertiary/aromatic N) is 2. The molecule has 1 aliphatic heterocycles. The molecular weight excluding hydrogens is 170 g/mol. The molecule has 70 valence electrons. The van der Waals surface area contributed by atoms with E-state index in [1.807, 2.05) is 4.57 Å². The van der Waals surface area contributed by atoms with Gasteiger partial charge in [-0.2, -0.15) is 0 Å². The molecule has 1 amide bonds. The summed E-state index contributed by atoms with van der Waals surface area (Å²) in [6.45, 7) is 1.26. The molecule has 2 rings (SSSR count). The Hall–Kier alpha value is -1.36. The zero-order valence-corrected chi connectivity index (χ0v) is 7.36. The molecule has 5 nitrogen and oxygen atoms in total. The molecule has 13 heavy (non-hydrogen) atoms. The van der Waals surface area contributed by atoms with Gasteiger partial charge in [-0.05, 0) is 0 Å². The van der Waals surface area contributed by atoms with E-state index in [0.29, 0.717) is 12.4 Å². The number of imidazole rings is 1. The van der Waals surface area contributed by atoms with Crippen molar-refractivity contribution in [2.24, 2.45) is 0 Å². The van der Waals surface area contributed by atoms with Crippen LogP contribution in [-0.2, 0) is 11.3 Å². The molecule has 1 aliphatic rings. The monoisotopic (exact) mass is 181 g/mol. The van der Waals surface area contributed by atoms with Crippen molar-refractivity contribution in [2.75, 3.05) is 13.7 Å². The topological polar surface area (TPSA) is 56.2 Å². The third kappa shape index (κ3) is 1.42. The summed E-state index contributed by atoms with van der Waals surface area (Å²) >= 11 is 0. The van der Waals surface area contributed by atoms with E-state index in [4.69, 9.17) is 4.74 Å². The van der Waals surface area contributed by atoms with Crippen molar-refractivity contribution in [2.45, 2.75) is 12.6 Å². The molecule has 0 unspecified atom stereocenters. The molecule has 0 fully saturated rings. The molecule has 1 atom stereocenters. The highest BCUT2D eigenvalue weighted by Gasteiger charge is 2.24. The largest absolute Gasteiger partial charge is 0.382 e. The van der Waals surface area contributed by atoms with E-state index in [0.717, 1.165) is 6.54 Å². The minimum absolute atomic E-state index is 0.0548. The normalized spacial score (nSPS) is 21.0. The van der Waals surface area contributed by atoms with Gasteiger partial charge in [-0.3, -0.25) is 4.79 Å². The summed E-state index contributed by atoms with van der Waals surface area (Å²) in [5.74, 6) is 0.352. The van der Waals surface area contributed by atoms with Crippen molar-refractivity contribution in [1.82, 2.24) is 14.9 Å². The summed E-state index contributed by atoms with van der Waals surface area (Å²) in [7, 11) is 1.62. The standard InChI is InChI=1S/C8H11N3O2/c1-13-5-6-4-11-3-2-9-7(11)8(12)10-6/h2-3,6H,4-5H2,1H3,(H,10,12)/t6-/m1/s1. The van der Waals surface area contributed by atoms with E-state index in [1.54, 1.807) is 19.5 Å². The van der Waals surface area contributed by atoms with Crippen LogP contribution in [0.2, 0.25) is 0 Å². The Morgan fingerprint density at radius 2 is 2.69 bits per heavy atom. The molecule has 0 aliphatic carbocycles. The first kappa shape index (κ1) is 8.25. The number of amides is 1. The van der Waals surface area contributed by atoms with Gasteiger partial charge < -0.3 is 14.6 Å². The molecule has 0 saturated heterocycles. The van der Waals surface area contributed by atoms with Gasteiger partial charge in [-0.15, -0.1) is 0 Å². The summed E-state index contributed by atoms with van der Waals surface area (Å²) in [6.07, 6.45) is 3.43. The van der Waals surface area contributed by atoms with Crippen LogP contribution in [0.5, 0.6) is 0 Å². The number of hydrogen-bond donors (Lipinski definition) is 1. The van der Waals surface area contributed by atoms with Crippen LogP contribution in [0.25, 0.3) is 0 Å². The van der Waals surface area contributed by atoms with Crippen molar-refractivity contribution in [1.29, 1.82) is 0 Å².